The van der Waals surface area contributed by atoms with E-state index in [1.807, 2.05) is 4.90 Å². The number of likely N-dealkylation sites (tertiary alicyclic amines) is 1. The number of carbonyl (C=O) groups is 1. The highest BCUT2D eigenvalue weighted by molar-refractivity contribution is 6.35. The first-order chi connectivity index (χ1) is 11.1. The van der Waals surface area contributed by atoms with E-state index in [1.165, 1.54) is 12.7 Å². The summed E-state index contributed by atoms with van der Waals surface area (Å²) in [6.45, 7) is 1.57. The van der Waals surface area contributed by atoms with Crippen LogP contribution in [0.25, 0.3) is 0 Å². The number of hydrogen-bond acceptors (Lipinski definition) is 4. The number of piperidine rings is 1. The van der Waals surface area contributed by atoms with Crippen LogP contribution in [0.15, 0.2) is 30.6 Å². The molecule has 1 aromatic carbocycles. The molecule has 0 saturated carbocycles. The van der Waals surface area contributed by atoms with Gasteiger partial charge in [0.2, 0.25) is 0 Å². The Morgan fingerprint density at radius 1 is 1.09 bits per heavy atom. The second-order valence-electron chi connectivity index (χ2n) is 5.39. The molecule has 1 N–H and O–H groups in total. The van der Waals surface area contributed by atoms with E-state index in [2.05, 4.69) is 15.3 Å². The number of hydrogen-bond donors (Lipinski definition) is 1. The summed E-state index contributed by atoms with van der Waals surface area (Å²) in [5.74, 6) is 0.442. The predicted molar refractivity (Wildman–Crippen MR) is 91.5 cm³/mol. The first-order valence-electron chi connectivity index (χ1n) is 7.47. The smallest absolute Gasteiger partial charge is 0.272 e. The van der Waals surface area contributed by atoms with Gasteiger partial charge in [0, 0.05) is 24.2 Å². The lowest BCUT2D eigenvalue weighted by Gasteiger charge is -2.26. The molecule has 0 atom stereocenters. The van der Waals surface area contributed by atoms with Crippen LogP contribution < -0.4 is 5.32 Å². The minimum atomic E-state index is -0.0626. The van der Waals surface area contributed by atoms with Crippen LogP contribution in [0.2, 0.25) is 10.0 Å². The number of amides is 1. The molecule has 0 aliphatic carbocycles. The maximum Gasteiger partial charge on any atom is 0.272 e. The van der Waals surface area contributed by atoms with E-state index in [4.69, 9.17) is 23.2 Å². The Bertz CT molecular complexity index is 717. The van der Waals surface area contributed by atoms with Gasteiger partial charge in [-0.15, -0.1) is 0 Å². The molecule has 7 heteroatoms. The zero-order valence-corrected chi connectivity index (χ0v) is 13.9. The summed E-state index contributed by atoms with van der Waals surface area (Å²) in [4.78, 5) is 22.6. The van der Waals surface area contributed by atoms with E-state index >= 15 is 0 Å². The van der Waals surface area contributed by atoms with Crippen LogP contribution in [0.5, 0.6) is 0 Å². The lowest BCUT2D eigenvalue weighted by molar-refractivity contribution is 0.0718. The molecule has 0 spiro atoms. The third-order valence-electron chi connectivity index (χ3n) is 3.72. The summed E-state index contributed by atoms with van der Waals surface area (Å²) in [7, 11) is 0. The number of aromatic nitrogens is 2. The largest absolute Gasteiger partial charge is 0.339 e. The third kappa shape index (κ3) is 3.92. The van der Waals surface area contributed by atoms with Crippen molar-refractivity contribution in [1.29, 1.82) is 0 Å². The number of carbonyl (C=O) groups excluding carboxylic acids is 1. The van der Waals surface area contributed by atoms with Crippen molar-refractivity contribution in [3.8, 4) is 0 Å². The van der Waals surface area contributed by atoms with Gasteiger partial charge in [-0.2, -0.15) is 0 Å². The number of benzene rings is 1. The molecule has 1 aliphatic heterocycles. The highest BCUT2D eigenvalue weighted by Crippen LogP contribution is 2.28. The topological polar surface area (TPSA) is 58.1 Å². The fourth-order valence-corrected chi connectivity index (χ4v) is 2.87. The van der Waals surface area contributed by atoms with Crippen molar-refractivity contribution in [2.45, 2.75) is 19.3 Å². The Kier molecular flexibility index (Phi) is 4.98. The van der Waals surface area contributed by atoms with E-state index in [0.29, 0.717) is 27.2 Å². The van der Waals surface area contributed by atoms with Crippen LogP contribution in [-0.2, 0) is 0 Å². The quantitative estimate of drug-likeness (QED) is 0.902. The van der Waals surface area contributed by atoms with Gasteiger partial charge in [-0.25, -0.2) is 9.97 Å². The van der Waals surface area contributed by atoms with Crippen LogP contribution in [0.4, 0.5) is 11.5 Å². The minimum Gasteiger partial charge on any atom is -0.339 e. The van der Waals surface area contributed by atoms with Gasteiger partial charge in [-0.05, 0) is 37.5 Å². The van der Waals surface area contributed by atoms with E-state index in [0.717, 1.165) is 25.9 Å². The predicted octanol–water partition coefficient (Wildman–Crippen LogP) is 4.15. The summed E-state index contributed by atoms with van der Waals surface area (Å²) in [6.07, 6.45) is 4.63. The Balaban J connectivity index is 1.79. The van der Waals surface area contributed by atoms with Gasteiger partial charge in [0.25, 0.3) is 5.91 Å². The van der Waals surface area contributed by atoms with Crippen molar-refractivity contribution < 1.29 is 4.79 Å². The minimum absolute atomic E-state index is 0.0626. The normalized spacial score (nSPS) is 14.6. The van der Waals surface area contributed by atoms with Crippen LogP contribution in [0.1, 0.15) is 29.8 Å². The molecule has 1 fully saturated rings. The Morgan fingerprint density at radius 3 is 2.65 bits per heavy atom. The highest BCUT2D eigenvalue weighted by atomic mass is 35.5. The molecule has 5 nitrogen and oxygen atoms in total. The molecule has 2 aromatic rings. The number of rotatable bonds is 3. The zero-order valence-electron chi connectivity index (χ0n) is 12.4. The number of nitrogens with one attached hydrogen (secondary N) is 1. The molecule has 0 bridgehead atoms. The first kappa shape index (κ1) is 16.0. The van der Waals surface area contributed by atoms with Crippen molar-refractivity contribution in [3.05, 3.63) is 46.3 Å². The Morgan fingerprint density at radius 2 is 1.87 bits per heavy atom. The van der Waals surface area contributed by atoms with E-state index in [1.54, 1.807) is 24.3 Å². The Hall–Kier alpha value is -1.85. The summed E-state index contributed by atoms with van der Waals surface area (Å²) >= 11 is 12.1. The van der Waals surface area contributed by atoms with Gasteiger partial charge < -0.3 is 10.2 Å². The summed E-state index contributed by atoms with van der Waals surface area (Å²) in [5.41, 5.74) is 1.01. The fourth-order valence-electron chi connectivity index (χ4n) is 2.53. The molecular formula is C16H16Cl2N4O. The first-order valence-corrected chi connectivity index (χ1v) is 8.22. The van der Waals surface area contributed by atoms with Gasteiger partial charge >= 0.3 is 0 Å². The molecule has 3 rings (SSSR count). The van der Waals surface area contributed by atoms with Crippen LogP contribution in [0, 0.1) is 0 Å². The molecule has 1 aliphatic rings. The average molecular weight is 351 g/mol. The van der Waals surface area contributed by atoms with Crippen molar-refractivity contribution in [2.24, 2.45) is 0 Å². The number of halogens is 2. The summed E-state index contributed by atoms with van der Waals surface area (Å²) in [5, 5.41) is 4.16. The van der Waals surface area contributed by atoms with Crippen molar-refractivity contribution in [2.75, 3.05) is 18.4 Å². The maximum absolute atomic E-state index is 12.5. The van der Waals surface area contributed by atoms with Gasteiger partial charge in [0.05, 0.1) is 10.7 Å². The molecule has 1 amide bonds. The van der Waals surface area contributed by atoms with Crippen LogP contribution in [0.3, 0.4) is 0 Å². The van der Waals surface area contributed by atoms with Gasteiger partial charge in [-0.3, -0.25) is 4.79 Å². The lowest BCUT2D eigenvalue weighted by Crippen LogP contribution is -2.36. The van der Waals surface area contributed by atoms with Crippen molar-refractivity contribution in [1.82, 2.24) is 14.9 Å². The van der Waals surface area contributed by atoms with Crippen LogP contribution >= 0.6 is 23.2 Å². The maximum atomic E-state index is 12.5. The molecule has 120 valence electrons. The number of anilines is 2. The monoisotopic (exact) mass is 350 g/mol. The molecule has 1 saturated heterocycles. The standard InChI is InChI=1S/C16H16Cl2N4O/c17-11-4-5-12(18)13(8-11)21-15-9-14(19-10-20-15)16(23)22-6-2-1-3-7-22/h4-5,8-10H,1-3,6-7H2,(H,19,20,21). The average Bonchev–Trinajstić information content (AvgIpc) is 2.58. The van der Waals surface area contributed by atoms with Crippen molar-refractivity contribution in [3.63, 3.8) is 0 Å². The summed E-state index contributed by atoms with van der Waals surface area (Å²) in [6, 6.07) is 6.75. The fraction of sp³-hybridized carbons (Fsp3) is 0.312. The van der Waals surface area contributed by atoms with E-state index < -0.39 is 0 Å². The molecule has 23 heavy (non-hydrogen) atoms. The zero-order chi connectivity index (χ0) is 16.2. The number of nitrogens with zero attached hydrogens (tertiary/aromatic N) is 3. The SMILES string of the molecule is O=C(c1cc(Nc2cc(Cl)ccc2Cl)ncn1)N1CCCCC1. The summed E-state index contributed by atoms with van der Waals surface area (Å²) < 4.78 is 0. The third-order valence-corrected chi connectivity index (χ3v) is 4.29. The second-order valence-corrected chi connectivity index (χ2v) is 6.23. The van der Waals surface area contributed by atoms with Crippen LogP contribution in [-0.4, -0.2) is 33.9 Å². The van der Waals surface area contributed by atoms with Gasteiger partial charge in [-0.1, -0.05) is 23.2 Å². The molecule has 0 radical (unpaired) electrons. The van der Waals surface area contributed by atoms with E-state index in [9.17, 15) is 4.79 Å². The second kappa shape index (κ2) is 7.15. The van der Waals surface area contributed by atoms with Crippen molar-refractivity contribution >= 4 is 40.6 Å². The lowest BCUT2D eigenvalue weighted by atomic mass is 10.1. The van der Waals surface area contributed by atoms with Gasteiger partial charge in [0.15, 0.2) is 0 Å². The Labute approximate surface area is 144 Å². The molecule has 2 heterocycles. The molecule has 1 aromatic heterocycles. The molecule has 0 unspecified atom stereocenters. The van der Waals surface area contributed by atoms with E-state index in [-0.39, 0.29) is 5.91 Å². The highest BCUT2D eigenvalue weighted by Gasteiger charge is 2.19. The molecular weight excluding hydrogens is 335 g/mol. The van der Waals surface area contributed by atoms with Gasteiger partial charge in [0.1, 0.15) is 17.8 Å².